The van der Waals surface area contributed by atoms with Gasteiger partial charge in [-0.15, -0.1) is 0 Å². The number of hydrogen-bond acceptors (Lipinski definition) is 7. The van der Waals surface area contributed by atoms with Gasteiger partial charge < -0.3 is 35.6 Å². The van der Waals surface area contributed by atoms with Crippen LogP contribution in [0.25, 0.3) is 11.0 Å². The van der Waals surface area contributed by atoms with E-state index in [0.29, 0.717) is 11.0 Å². The lowest BCUT2D eigenvalue weighted by molar-refractivity contribution is -0.142. The summed E-state index contributed by atoms with van der Waals surface area (Å²) in [5.74, 6) is 0.0217. The first-order valence-corrected chi connectivity index (χ1v) is 6.41. The quantitative estimate of drug-likeness (QED) is 0.327. The Morgan fingerprint density at radius 3 is 2.24 bits per heavy atom. The van der Waals surface area contributed by atoms with Crippen molar-refractivity contribution >= 4 is 11.0 Å². The number of aromatic nitrogens is 2. The fourth-order valence-corrected chi connectivity index (χ4v) is 2.00. The molecule has 0 unspecified atom stereocenters. The Kier molecular flexibility index (Phi) is 4.88. The van der Waals surface area contributed by atoms with Crippen molar-refractivity contribution in [3.63, 3.8) is 0 Å². The molecule has 0 amide bonds. The molecule has 116 valence electrons. The molecule has 8 nitrogen and oxygen atoms in total. The Balaban J connectivity index is 2.16. The van der Waals surface area contributed by atoms with E-state index in [9.17, 15) is 25.5 Å². The third-order valence-electron chi connectivity index (χ3n) is 3.29. The van der Waals surface area contributed by atoms with Gasteiger partial charge in [-0.2, -0.15) is 0 Å². The van der Waals surface area contributed by atoms with Crippen LogP contribution in [0.3, 0.4) is 0 Å². The second kappa shape index (κ2) is 6.48. The lowest BCUT2D eigenvalue weighted by Gasteiger charge is -2.27. The largest absolute Gasteiger partial charge is 0.394 e. The van der Waals surface area contributed by atoms with E-state index in [1.807, 2.05) is 0 Å². The molecule has 7 N–H and O–H groups in total. The van der Waals surface area contributed by atoms with E-state index in [-0.39, 0.29) is 5.82 Å². The molecule has 0 saturated heterocycles. The topological polar surface area (TPSA) is 150 Å². The Labute approximate surface area is 119 Å². The maximum atomic E-state index is 10.0. The van der Waals surface area contributed by atoms with Crippen LogP contribution in [0.1, 0.15) is 11.9 Å². The number of rotatable bonds is 6. The van der Waals surface area contributed by atoms with Gasteiger partial charge in [0.2, 0.25) is 0 Å². The zero-order chi connectivity index (χ0) is 15.6. The molecule has 1 aromatic carbocycles. The molecule has 0 spiro atoms. The minimum atomic E-state index is -1.85. The monoisotopic (exact) mass is 298 g/mol. The van der Waals surface area contributed by atoms with Crippen LogP contribution < -0.4 is 0 Å². The van der Waals surface area contributed by atoms with Gasteiger partial charge >= 0.3 is 0 Å². The van der Waals surface area contributed by atoms with Gasteiger partial charge in [-0.3, -0.25) is 0 Å². The number of benzene rings is 1. The van der Waals surface area contributed by atoms with Gasteiger partial charge in [0.15, 0.2) is 0 Å². The van der Waals surface area contributed by atoms with Crippen LogP contribution in [0, 0.1) is 0 Å². The van der Waals surface area contributed by atoms with Gasteiger partial charge in [0.1, 0.15) is 36.3 Å². The summed E-state index contributed by atoms with van der Waals surface area (Å²) in [5, 5.41) is 57.1. The second-order valence-corrected chi connectivity index (χ2v) is 4.81. The molecule has 0 aliphatic rings. The highest BCUT2D eigenvalue weighted by molar-refractivity contribution is 5.74. The Bertz CT molecular complexity index is 556. The first-order chi connectivity index (χ1) is 9.95. The van der Waals surface area contributed by atoms with Crippen molar-refractivity contribution < 1.29 is 30.6 Å². The number of aliphatic hydroxyl groups excluding tert-OH is 6. The maximum Gasteiger partial charge on any atom is 0.140 e. The first kappa shape index (κ1) is 15.8. The third kappa shape index (κ3) is 3.21. The number of hydrogen-bond donors (Lipinski definition) is 7. The highest BCUT2D eigenvalue weighted by Gasteiger charge is 2.35. The number of aromatic amines is 1. The van der Waals surface area contributed by atoms with Crippen molar-refractivity contribution in [2.45, 2.75) is 30.5 Å². The minimum absolute atomic E-state index is 0.0217. The second-order valence-electron chi connectivity index (χ2n) is 4.81. The molecule has 2 aromatic rings. The summed E-state index contributed by atoms with van der Waals surface area (Å²) in [6, 6.07) is 6.95. The summed E-state index contributed by atoms with van der Waals surface area (Å²) in [6.45, 7) is -0.786. The molecule has 0 radical (unpaired) electrons. The van der Waals surface area contributed by atoms with Crippen molar-refractivity contribution in [1.29, 1.82) is 0 Å². The fourth-order valence-electron chi connectivity index (χ4n) is 2.00. The SMILES string of the molecule is OC[C@@H](O)[C@@H](O)[C@@H](O)[C@@H](O)[C@H](O)c1nc2ccccc2[nH]1. The van der Waals surface area contributed by atoms with Crippen molar-refractivity contribution in [2.75, 3.05) is 6.61 Å². The van der Waals surface area contributed by atoms with E-state index in [1.165, 1.54) is 0 Å². The van der Waals surface area contributed by atoms with Crippen LogP contribution >= 0.6 is 0 Å². The van der Waals surface area contributed by atoms with Crippen LogP contribution in [-0.4, -0.2) is 71.6 Å². The number of fused-ring (bicyclic) bond motifs is 1. The average molecular weight is 298 g/mol. The molecule has 0 saturated carbocycles. The van der Waals surface area contributed by atoms with E-state index in [2.05, 4.69) is 9.97 Å². The third-order valence-corrected chi connectivity index (χ3v) is 3.29. The molecule has 0 aliphatic carbocycles. The van der Waals surface area contributed by atoms with Crippen molar-refractivity contribution in [3.05, 3.63) is 30.1 Å². The smallest absolute Gasteiger partial charge is 0.140 e. The lowest BCUT2D eigenvalue weighted by Crippen LogP contribution is -2.47. The maximum absolute atomic E-state index is 10.0. The molecule has 5 atom stereocenters. The molecule has 0 bridgehead atoms. The number of nitrogens with one attached hydrogen (secondary N) is 1. The molecular weight excluding hydrogens is 280 g/mol. The summed E-state index contributed by atoms with van der Waals surface area (Å²) in [4.78, 5) is 6.86. The predicted molar refractivity (Wildman–Crippen MR) is 72.2 cm³/mol. The highest BCUT2D eigenvalue weighted by atomic mass is 16.4. The van der Waals surface area contributed by atoms with Gasteiger partial charge in [-0.05, 0) is 12.1 Å². The predicted octanol–water partition coefficient (Wildman–Crippen LogP) is -1.97. The summed E-state index contributed by atoms with van der Waals surface area (Å²) in [6.07, 6.45) is -8.66. The Morgan fingerprint density at radius 1 is 0.952 bits per heavy atom. The normalized spacial score (nSPS) is 19.1. The van der Waals surface area contributed by atoms with E-state index in [4.69, 9.17) is 5.11 Å². The number of H-pyrrole nitrogens is 1. The number of nitrogens with zero attached hydrogens (tertiary/aromatic N) is 1. The van der Waals surface area contributed by atoms with Gasteiger partial charge in [-0.25, -0.2) is 4.98 Å². The van der Waals surface area contributed by atoms with Crippen molar-refractivity contribution in [1.82, 2.24) is 9.97 Å². The summed E-state index contributed by atoms with van der Waals surface area (Å²) >= 11 is 0. The standard InChI is InChI=1S/C13H18N2O6/c16-5-8(17)9(18)10(19)11(20)12(21)13-14-6-3-1-2-4-7(6)15-13/h1-4,8-12,16-21H,5H2,(H,14,15)/t8-,9-,10-,11-,12+/m1/s1. The van der Waals surface area contributed by atoms with Gasteiger partial charge in [0.25, 0.3) is 0 Å². The molecule has 2 rings (SSSR count). The minimum Gasteiger partial charge on any atom is -0.394 e. The number of aliphatic hydroxyl groups is 6. The van der Waals surface area contributed by atoms with Crippen LogP contribution in [0.15, 0.2) is 24.3 Å². The van der Waals surface area contributed by atoms with Crippen LogP contribution in [0.4, 0.5) is 0 Å². The molecule has 8 heteroatoms. The van der Waals surface area contributed by atoms with Crippen LogP contribution in [0.2, 0.25) is 0 Å². The molecule has 0 aliphatic heterocycles. The first-order valence-electron chi connectivity index (χ1n) is 6.41. The number of imidazole rings is 1. The van der Waals surface area contributed by atoms with Crippen LogP contribution in [0.5, 0.6) is 0 Å². The summed E-state index contributed by atoms with van der Waals surface area (Å²) < 4.78 is 0. The van der Waals surface area contributed by atoms with Gasteiger partial charge in [0, 0.05) is 0 Å². The number of para-hydroxylation sites is 2. The zero-order valence-corrected chi connectivity index (χ0v) is 11.0. The van der Waals surface area contributed by atoms with Gasteiger partial charge in [0.05, 0.1) is 17.6 Å². The fraction of sp³-hybridized carbons (Fsp3) is 0.462. The average Bonchev–Trinajstić information content (AvgIpc) is 2.95. The van der Waals surface area contributed by atoms with E-state index >= 15 is 0 Å². The Hall–Kier alpha value is -1.55. The van der Waals surface area contributed by atoms with Crippen molar-refractivity contribution in [2.24, 2.45) is 0 Å². The highest BCUT2D eigenvalue weighted by Crippen LogP contribution is 2.21. The van der Waals surface area contributed by atoms with E-state index in [1.54, 1.807) is 24.3 Å². The Morgan fingerprint density at radius 2 is 1.62 bits per heavy atom. The molecule has 0 fully saturated rings. The molecular formula is C13H18N2O6. The zero-order valence-electron chi connectivity index (χ0n) is 11.0. The molecule has 21 heavy (non-hydrogen) atoms. The van der Waals surface area contributed by atoms with Gasteiger partial charge in [-0.1, -0.05) is 12.1 Å². The van der Waals surface area contributed by atoms with Crippen molar-refractivity contribution in [3.8, 4) is 0 Å². The molecule has 1 heterocycles. The van der Waals surface area contributed by atoms with E-state index in [0.717, 1.165) is 0 Å². The lowest BCUT2D eigenvalue weighted by atomic mass is 9.99. The summed E-state index contributed by atoms with van der Waals surface area (Å²) in [7, 11) is 0. The van der Waals surface area contributed by atoms with E-state index < -0.39 is 37.1 Å². The summed E-state index contributed by atoms with van der Waals surface area (Å²) in [5.41, 5.74) is 1.22. The van der Waals surface area contributed by atoms with Crippen LogP contribution in [-0.2, 0) is 0 Å². The molecule has 1 aromatic heterocycles.